The molecule has 8 nitrogen and oxygen atoms in total. The van der Waals surface area contributed by atoms with Gasteiger partial charge >= 0.3 is 0 Å². The van der Waals surface area contributed by atoms with Gasteiger partial charge in [-0.1, -0.05) is 5.16 Å². The first kappa shape index (κ1) is 16.6. The van der Waals surface area contributed by atoms with E-state index in [4.69, 9.17) is 4.84 Å². The predicted octanol–water partition coefficient (Wildman–Crippen LogP) is 1.85. The lowest BCUT2D eigenvalue weighted by atomic mass is 9.96. The average Bonchev–Trinajstić information content (AvgIpc) is 3.38. The van der Waals surface area contributed by atoms with Crippen LogP contribution in [-0.2, 0) is 9.63 Å². The number of rotatable bonds is 3. The Labute approximate surface area is 153 Å². The Morgan fingerprint density at radius 2 is 2.27 bits per heavy atom. The van der Waals surface area contributed by atoms with E-state index < -0.39 is 5.60 Å². The largest absolute Gasteiger partial charge is 0.386 e. The van der Waals surface area contributed by atoms with Gasteiger partial charge in [0.25, 0.3) is 11.8 Å². The van der Waals surface area contributed by atoms with Gasteiger partial charge in [0.2, 0.25) is 0 Å². The van der Waals surface area contributed by atoms with Gasteiger partial charge in [0.15, 0.2) is 5.60 Å². The third kappa shape index (κ3) is 3.05. The fraction of sp³-hybridized carbons (Fsp3) is 0.353. The van der Waals surface area contributed by atoms with Crippen molar-refractivity contribution < 1.29 is 14.4 Å². The SMILES string of the molecule is Cc1ncccc1NC(=O)C1=NO[C@@]2(CCN(C(=O)c3cscn3)C2)C1. The van der Waals surface area contributed by atoms with Crippen molar-refractivity contribution in [3.63, 3.8) is 0 Å². The molecule has 26 heavy (non-hydrogen) atoms. The van der Waals surface area contributed by atoms with Crippen molar-refractivity contribution >= 4 is 34.6 Å². The highest BCUT2D eigenvalue weighted by Crippen LogP contribution is 2.34. The zero-order valence-electron chi connectivity index (χ0n) is 14.1. The molecule has 1 fully saturated rings. The topological polar surface area (TPSA) is 96.8 Å². The van der Waals surface area contributed by atoms with E-state index in [1.165, 1.54) is 11.3 Å². The maximum Gasteiger partial charge on any atom is 0.273 e. The number of nitrogens with zero attached hydrogens (tertiary/aromatic N) is 4. The number of likely N-dealkylation sites (tertiary alicyclic amines) is 1. The molecule has 2 aliphatic heterocycles. The minimum atomic E-state index is -0.623. The zero-order valence-corrected chi connectivity index (χ0v) is 15.0. The molecule has 2 aromatic heterocycles. The highest BCUT2D eigenvalue weighted by molar-refractivity contribution is 7.07. The number of carbonyl (C=O) groups is 2. The Hall–Kier alpha value is -2.81. The van der Waals surface area contributed by atoms with E-state index in [2.05, 4.69) is 20.4 Å². The van der Waals surface area contributed by atoms with Crippen LogP contribution in [-0.4, -0.2) is 51.1 Å². The van der Waals surface area contributed by atoms with Crippen LogP contribution in [0.4, 0.5) is 5.69 Å². The number of thiazole rings is 1. The zero-order chi connectivity index (χ0) is 18.1. The van der Waals surface area contributed by atoms with Crippen LogP contribution in [0.15, 0.2) is 34.4 Å². The van der Waals surface area contributed by atoms with Gasteiger partial charge in [0.1, 0.15) is 11.4 Å². The molecule has 2 aromatic rings. The summed E-state index contributed by atoms with van der Waals surface area (Å²) in [4.78, 5) is 40.4. The van der Waals surface area contributed by atoms with Gasteiger partial charge in [-0.05, 0) is 19.1 Å². The second-order valence-corrected chi connectivity index (χ2v) is 7.15. The van der Waals surface area contributed by atoms with Gasteiger partial charge in [-0.25, -0.2) is 4.98 Å². The first-order valence-corrected chi connectivity index (χ1v) is 9.16. The van der Waals surface area contributed by atoms with Crippen LogP contribution in [0.25, 0.3) is 0 Å². The number of hydrogen-bond acceptors (Lipinski definition) is 7. The van der Waals surface area contributed by atoms with Gasteiger partial charge in [0.05, 0.1) is 23.4 Å². The third-order valence-corrected chi connectivity index (χ3v) is 5.20. The number of nitrogens with one attached hydrogen (secondary N) is 1. The lowest BCUT2D eigenvalue weighted by Gasteiger charge is -2.21. The number of pyridine rings is 1. The quantitative estimate of drug-likeness (QED) is 0.888. The number of carbonyl (C=O) groups excluding carboxylic acids is 2. The Bertz CT molecular complexity index is 882. The summed E-state index contributed by atoms with van der Waals surface area (Å²) in [5.41, 5.74) is 3.16. The second kappa shape index (κ2) is 6.49. The number of amides is 2. The molecule has 0 radical (unpaired) electrons. The normalized spacial score (nSPS) is 21.6. The van der Waals surface area contributed by atoms with Gasteiger partial charge in [-0.15, -0.1) is 11.3 Å². The highest BCUT2D eigenvalue weighted by Gasteiger charge is 2.48. The van der Waals surface area contributed by atoms with Crippen molar-refractivity contribution in [1.82, 2.24) is 14.9 Å². The van der Waals surface area contributed by atoms with Gasteiger partial charge in [0, 0.05) is 31.0 Å². The smallest absolute Gasteiger partial charge is 0.273 e. The summed E-state index contributed by atoms with van der Waals surface area (Å²) < 4.78 is 0. The maximum absolute atomic E-state index is 12.5. The molecule has 134 valence electrons. The molecule has 1 atom stereocenters. The van der Waals surface area contributed by atoms with Crippen molar-refractivity contribution in [3.8, 4) is 0 Å². The molecule has 9 heteroatoms. The lowest BCUT2D eigenvalue weighted by Crippen LogP contribution is -2.37. The van der Waals surface area contributed by atoms with Gasteiger partial charge in [-0.2, -0.15) is 0 Å². The fourth-order valence-corrected chi connectivity index (χ4v) is 3.70. The molecular weight excluding hydrogens is 354 g/mol. The number of anilines is 1. The summed E-state index contributed by atoms with van der Waals surface area (Å²) in [6.07, 6.45) is 2.68. The Morgan fingerprint density at radius 1 is 1.38 bits per heavy atom. The van der Waals surface area contributed by atoms with Crippen LogP contribution in [0.3, 0.4) is 0 Å². The predicted molar refractivity (Wildman–Crippen MR) is 96.1 cm³/mol. The first-order chi connectivity index (χ1) is 12.6. The molecule has 4 heterocycles. The number of oxime groups is 1. The Balaban J connectivity index is 1.39. The van der Waals surface area contributed by atoms with Gasteiger partial charge < -0.3 is 15.1 Å². The molecular formula is C17H17N5O3S. The van der Waals surface area contributed by atoms with E-state index >= 15 is 0 Å². The summed E-state index contributed by atoms with van der Waals surface area (Å²) in [7, 11) is 0. The molecule has 0 bridgehead atoms. The Morgan fingerprint density at radius 3 is 3.04 bits per heavy atom. The fourth-order valence-electron chi connectivity index (χ4n) is 3.17. The van der Waals surface area contributed by atoms with Crippen LogP contribution in [0.5, 0.6) is 0 Å². The maximum atomic E-state index is 12.5. The van der Waals surface area contributed by atoms with Gasteiger partial charge in [-0.3, -0.25) is 14.6 Å². The molecule has 0 aromatic carbocycles. The van der Waals surface area contributed by atoms with Crippen molar-refractivity contribution in [2.24, 2.45) is 5.16 Å². The van der Waals surface area contributed by atoms with E-state index in [0.29, 0.717) is 43.0 Å². The average molecular weight is 371 g/mol. The lowest BCUT2D eigenvalue weighted by molar-refractivity contribution is -0.110. The monoisotopic (exact) mass is 371 g/mol. The standard InChI is InChI=1S/C17H17N5O3S/c1-11-12(3-2-5-18-11)20-15(23)13-7-17(25-21-13)4-6-22(9-17)16(24)14-8-26-10-19-14/h2-3,5,8,10H,4,6-7,9H2,1H3,(H,20,23)/t17-/m0/s1. The van der Waals surface area contributed by atoms with Crippen LogP contribution in [0.1, 0.15) is 29.0 Å². The highest BCUT2D eigenvalue weighted by atomic mass is 32.1. The minimum absolute atomic E-state index is 0.115. The molecule has 0 unspecified atom stereocenters. The minimum Gasteiger partial charge on any atom is -0.386 e. The molecule has 1 spiro atoms. The summed E-state index contributed by atoms with van der Waals surface area (Å²) >= 11 is 1.39. The van der Waals surface area contributed by atoms with Crippen molar-refractivity contribution in [1.29, 1.82) is 0 Å². The molecule has 2 aliphatic rings. The number of hydrogen-bond donors (Lipinski definition) is 1. The van der Waals surface area contributed by atoms with Crippen molar-refractivity contribution in [3.05, 3.63) is 40.6 Å². The third-order valence-electron chi connectivity index (χ3n) is 4.61. The summed E-state index contributed by atoms with van der Waals surface area (Å²) in [5.74, 6) is -0.419. The van der Waals surface area contributed by atoms with E-state index in [9.17, 15) is 9.59 Å². The van der Waals surface area contributed by atoms with E-state index in [-0.39, 0.29) is 11.8 Å². The van der Waals surface area contributed by atoms with Crippen molar-refractivity contribution in [2.45, 2.75) is 25.4 Å². The molecule has 0 aliphatic carbocycles. The van der Waals surface area contributed by atoms with E-state index in [1.54, 1.807) is 34.1 Å². The summed E-state index contributed by atoms with van der Waals surface area (Å²) in [5, 5.41) is 8.53. The molecule has 1 saturated heterocycles. The van der Waals surface area contributed by atoms with Crippen LogP contribution in [0, 0.1) is 6.92 Å². The van der Waals surface area contributed by atoms with Crippen molar-refractivity contribution in [2.75, 3.05) is 18.4 Å². The van der Waals surface area contributed by atoms with Crippen LogP contribution in [0.2, 0.25) is 0 Å². The molecule has 1 N–H and O–H groups in total. The number of aryl methyl sites for hydroxylation is 1. The molecule has 4 rings (SSSR count). The van der Waals surface area contributed by atoms with Crippen LogP contribution >= 0.6 is 11.3 Å². The summed E-state index contributed by atoms with van der Waals surface area (Å²) in [6.45, 7) is 2.78. The molecule has 2 amide bonds. The molecule has 0 saturated carbocycles. The second-order valence-electron chi connectivity index (χ2n) is 6.43. The van der Waals surface area contributed by atoms with Crippen LogP contribution < -0.4 is 5.32 Å². The Kier molecular flexibility index (Phi) is 4.15. The summed E-state index contributed by atoms with van der Waals surface area (Å²) in [6, 6.07) is 3.55. The first-order valence-electron chi connectivity index (χ1n) is 8.22. The van der Waals surface area contributed by atoms with E-state index in [1.807, 2.05) is 6.92 Å². The number of aromatic nitrogens is 2. The van der Waals surface area contributed by atoms with E-state index in [0.717, 1.165) is 5.69 Å².